The van der Waals surface area contributed by atoms with Crippen LogP contribution in [0, 0.1) is 0 Å². The normalized spacial score (nSPS) is 10.4. The van der Waals surface area contributed by atoms with E-state index in [4.69, 9.17) is 4.74 Å². The van der Waals surface area contributed by atoms with E-state index in [1.165, 1.54) is 6.08 Å². The zero-order valence-corrected chi connectivity index (χ0v) is 9.40. The van der Waals surface area contributed by atoms with Gasteiger partial charge in [-0.3, -0.25) is 4.79 Å². The van der Waals surface area contributed by atoms with E-state index < -0.39 is 5.97 Å². The molecule has 0 bridgehead atoms. The average Bonchev–Trinajstić information content (AvgIpc) is 2.30. The van der Waals surface area contributed by atoms with Crippen LogP contribution in [-0.2, 0) is 4.74 Å². The third-order valence-corrected chi connectivity index (χ3v) is 2.01. The Morgan fingerprint density at radius 1 is 1.25 bits per heavy atom. The maximum absolute atomic E-state index is 11.7. The molecule has 0 amide bonds. The van der Waals surface area contributed by atoms with E-state index in [9.17, 15) is 9.59 Å². The standard InChI is InChI=1S/C13H14O3/c1-3-7-12(14)10-8-5-6-9-11(10)13(15)16-4-2/h3,5-9H,4H2,1-2H3. The Hall–Kier alpha value is -1.90. The van der Waals surface area contributed by atoms with Crippen LogP contribution in [0.15, 0.2) is 36.4 Å². The smallest absolute Gasteiger partial charge is 0.338 e. The average molecular weight is 218 g/mol. The van der Waals surface area contributed by atoms with Gasteiger partial charge in [0.1, 0.15) is 0 Å². The summed E-state index contributed by atoms with van der Waals surface area (Å²) in [5.41, 5.74) is 0.687. The van der Waals surface area contributed by atoms with E-state index in [2.05, 4.69) is 0 Å². The molecule has 1 rings (SSSR count). The molecule has 0 aliphatic heterocycles. The summed E-state index contributed by atoms with van der Waals surface area (Å²) >= 11 is 0. The summed E-state index contributed by atoms with van der Waals surface area (Å²) in [6, 6.07) is 6.64. The molecule has 84 valence electrons. The van der Waals surface area contributed by atoms with Crippen molar-refractivity contribution in [2.24, 2.45) is 0 Å². The number of carbonyl (C=O) groups is 2. The molecule has 16 heavy (non-hydrogen) atoms. The van der Waals surface area contributed by atoms with E-state index in [0.717, 1.165) is 0 Å². The summed E-state index contributed by atoms with van der Waals surface area (Å²) in [6.07, 6.45) is 3.07. The van der Waals surface area contributed by atoms with Crippen molar-refractivity contribution >= 4 is 11.8 Å². The summed E-state index contributed by atoms with van der Waals surface area (Å²) in [5, 5.41) is 0. The first-order valence-electron chi connectivity index (χ1n) is 5.13. The number of hydrogen-bond donors (Lipinski definition) is 0. The molecule has 0 atom stereocenters. The van der Waals surface area contributed by atoms with E-state index >= 15 is 0 Å². The van der Waals surface area contributed by atoms with Crippen molar-refractivity contribution in [3.05, 3.63) is 47.5 Å². The van der Waals surface area contributed by atoms with Gasteiger partial charge < -0.3 is 4.74 Å². The first kappa shape index (κ1) is 12.2. The minimum atomic E-state index is -0.462. The number of hydrogen-bond acceptors (Lipinski definition) is 3. The van der Waals surface area contributed by atoms with Gasteiger partial charge in [-0.25, -0.2) is 4.79 Å². The van der Waals surface area contributed by atoms with Crippen LogP contribution in [0.1, 0.15) is 34.6 Å². The van der Waals surface area contributed by atoms with Crippen LogP contribution in [0.3, 0.4) is 0 Å². The summed E-state index contributed by atoms with van der Waals surface area (Å²) in [4.78, 5) is 23.3. The van der Waals surface area contributed by atoms with Crippen LogP contribution in [0.2, 0.25) is 0 Å². The van der Waals surface area contributed by atoms with Gasteiger partial charge in [0.15, 0.2) is 5.78 Å². The fourth-order valence-corrected chi connectivity index (χ4v) is 1.33. The molecule has 3 heteroatoms. The van der Waals surface area contributed by atoms with Gasteiger partial charge in [-0.2, -0.15) is 0 Å². The van der Waals surface area contributed by atoms with Crippen LogP contribution in [0.4, 0.5) is 0 Å². The number of esters is 1. The second kappa shape index (κ2) is 5.85. The third kappa shape index (κ3) is 2.79. The lowest BCUT2D eigenvalue weighted by molar-refractivity contribution is 0.0523. The molecule has 0 N–H and O–H groups in total. The third-order valence-electron chi connectivity index (χ3n) is 2.01. The molecule has 0 aliphatic carbocycles. The lowest BCUT2D eigenvalue weighted by Crippen LogP contribution is -2.10. The Morgan fingerprint density at radius 3 is 2.44 bits per heavy atom. The van der Waals surface area contributed by atoms with Crippen LogP contribution in [-0.4, -0.2) is 18.4 Å². The molecule has 1 aromatic rings. The second-order valence-corrected chi connectivity index (χ2v) is 3.13. The summed E-state index contributed by atoms with van der Waals surface area (Å²) in [7, 11) is 0. The molecular weight excluding hydrogens is 204 g/mol. The van der Waals surface area contributed by atoms with Crippen LogP contribution in [0.5, 0.6) is 0 Å². The van der Waals surface area contributed by atoms with Crippen molar-refractivity contribution in [1.29, 1.82) is 0 Å². The molecule has 0 saturated carbocycles. The number of ether oxygens (including phenoxy) is 1. The highest BCUT2D eigenvalue weighted by Gasteiger charge is 2.15. The molecule has 0 unspecified atom stereocenters. The number of ketones is 1. The highest BCUT2D eigenvalue weighted by atomic mass is 16.5. The number of rotatable bonds is 4. The first-order chi connectivity index (χ1) is 7.70. The lowest BCUT2D eigenvalue weighted by atomic mass is 10.0. The van der Waals surface area contributed by atoms with Crippen molar-refractivity contribution < 1.29 is 14.3 Å². The largest absolute Gasteiger partial charge is 0.462 e. The summed E-state index contributed by atoms with van der Waals surface area (Å²) in [5.74, 6) is -0.651. The van der Waals surface area contributed by atoms with Gasteiger partial charge in [0, 0.05) is 5.56 Å². The van der Waals surface area contributed by atoms with Gasteiger partial charge in [-0.05, 0) is 26.0 Å². The fourth-order valence-electron chi connectivity index (χ4n) is 1.33. The number of benzene rings is 1. The first-order valence-corrected chi connectivity index (χ1v) is 5.13. The topological polar surface area (TPSA) is 43.4 Å². The predicted octanol–water partition coefficient (Wildman–Crippen LogP) is 2.62. The van der Waals surface area contributed by atoms with Crippen LogP contribution in [0.25, 0.3) is 0 Å². The van der Waals surface area contributed by atoms with E-state index in [1.54, 1.807) is 44.2 Å². The van der Waals surface area contributed by atoms with Gasteiger partial charge in [-0.1, -0.05) is 24.3 Å². The zero-order valence-electron chi connectivity index (χ0n) is 9.40. The lowest BCUT2D eigenvalue weighted by Gasteiger charge is -2.05. The second-order valence-electron chi connectivity index (χ2n) is 3.13. The number of allylic oxidation sites excluding steroid dienone is 2. The van der Waals surface area contributed by atoms with E-state index in [0.29, 0.717) is 17.7 Å². The molecule has 0 aliphatic rings. The maximum atomic E-state index is 11.7. The molecule has 0 radical (unpaired) electrons. The van der Waals surface area contributed by atoms with Crippen LogP contribution < -0.4 is 0 Å². The highest BCUT2D eigenvalue weighted by molar-refractivity contribution is 6.11. The van der Waals surface area contributed by atoms with Crippen LogP contribution >= 0.6 is 0 Å². The molecule has 3 nitrogen and oxygen atoms in total. The molecule has 0 fully saturated rings. The van der Waals surface area contributed by atoms with Gasteiger partial charge in [0.25, 0.3) is 0 Å². The zero-order chi connectivity index (χ0) is 12.0. The monoisotopic (exact) mass is 218 g/mol. The van der Waals surface area contributed by atoms with Crippen molar-refractivity contribution in [1.82, 2.24) is 0 Å². The number of carbonyl (C=O) groups excluding carboxylic acids is 2. The summed E-state index contributed by atoms with van der Waals surface area (Å²) < 4.78 is 4.88. The Bertz CT molecular complexity index is 419. The molecule has 0 spiro atoms. The molecule has 1 aromatic carbocycles. The van der Waals surface area contributed by atoms with E-state index in [1.807, 2.05) is 0 Å². The maximum Gasteiger partial charge on any atom is 0.338 e. The Balaban J connectivity index is 3.09. The van der Waals surface area contributed by atoms with Gasteiger partial charge in [-0.15, -0.1) is 0 Å². The van der Waals surface area contributed by atoms with Gasteiger partial charge in [0.05, 0.1) is 12.2 Å². The van der Waals surface area contributed by atoms with Crippen molar-refractivity contribution in [3.63, 3.8) is 0 Å². The predicted molar refractivity (Wildman–Crippen MR) is 61.5 cm³/mol. The van der Waals surface area contributed by atoms with Gasteiger partial charge in [0.2, 0.25) is 0 Å². The van der Waals surface area contributed by atoms with Crippen molar-refractivity contribution in [2.45, 2.75) is 13.8 Å². The quantitative estimate of drug-likeness (QED) is 0.443. The Kier molecular flexibility index (Phi) is 4.45. The van der Waals surface area contributed by atoms with E-state index in [-0.39, 0.29) is 5.78 Å². The van der Waals surface area contributed by atoms with Gasteiger partial charge >= 0.3 is 5.97 Å². The van der Waals surface area contributed by atoms with Crippen molar-refractivity contribution in [3.8, 4) is 0 Å². The SMILES string of the molecule is CC=CC(=O)c1ccccc1C(=O)OCC. The van der Waals surface area contributed by atoms with Crippen molar-refractivity contribution in [2.75, 3.05) is 6.61 Å². The minimum absolute atomic E-state index is 0.189. The fraction of sp³-hybridized carbons (Fsp3) is 0.231. The molecular formula is C13H14O3. The molecule has 0 heterocycles. The minimum Gasteiger partial charge on any atom is -0.462 e. The Morgan fingerprint density at radius 2 is 1.88 bits per heavy atom. The highest BCUT2D eigenvalue weighted by Crippen LogP contribution is 2.11. The Labute approximate surface area is 94.7 Å². The molecule has 0 saturated heterocycles. The molecule has 0 aromatic heterocycles. The summed E-state index contributed by atoms with van der Waals surface area (Å²) in [6.45, 7) is 3.78.